The number of aromatic nitrogens is 2. The van der Waals surface area contributed by atoms with Gasteiger partial charge >= 0.3 is 5.97 Å². The number of carbonyl (C=O) groups is 1. The topological polar surface area (TPSA) is 61.3 Å². The number of esters is 1. The first kappa shape index (κ1) is 7.49. The molecule has 0 saturated carbocycles. The highest BCUT2D eigenvalue weighted by Crippen LogP contribution is 2.38. The lowest BCUT2D eigenvalue weighted by Crippen LogP contribution is -2.26. The Morgan fingerprint density at radius 2 is 2.43 bits per heavy atom. The summed E-state index contributed by atoms with van der Waals surface area (Å²) in [4.78, 5) is 19.3. The van der Waals surface area contributed by atoms with Gasteiger partial charge in [0.1, 0.15) is 24.2 Å². The van der Waals surface area contributed by atoms with Crippen molar-refractivity contribution in [3.05, 3.63) is 36.1 Å². The highest BCUT2D eigenvalue weighted by atomic mass is 16.6. The van der Waals surface area contributed by atoms with Crippen molar-refractivity contribution in [2.75, 3.05) is 6.61 Å². The number of hydrogen-bond donors (Lipinski definition) is 0. The third-order valence-electron chi connectivity index (χ3n) is 2.34. The molecule has 1 atom stereocenters. The van der Waals surface area contributed by atoms with Gasteiger partial charge in [-0.05, 0) is 0 Å². The van der Waals surface area contributed by atoms with Crippen molar-refractivity contribution < 1.29 is 14.3 Å². The van der Waals surface area contributed by atoms with E-state index in [0.717, 1.165) is 0 Å². The molecule has 3 heterocycles. The Balaban J connectivity index is 2.23. The van der Waals surface area contributed by atoms with E-state index in [4.69, 9.17) is 9.47 Å². The Hall–Kier alpha value is -1.91. The van der Waals surface area contributed by atoms with Gasteiger partial charge in [0.05, 0.1) is 6.26 Å². The number of nitrogens with zero attached hydrogens (tertiary/aromatic N) is 2. The van der Waals surface area contributed by atoms with Crippen molar-refractivity contribution in [3.63, 3.8) is 0 Å². The highest BCUT2D eigenvalue weighted by Gasteiger charge is 2.48. The van der Waals surface area contributed by atoms with Gasteiger partial charge in [-0.25, -0.2) is 14.8 Å². The maximum atomic E-state index is 11.4. The van der Waals surface area contributed by atoms with Crippen LogP contribution in [0.3, 0.4) is 0 Å². The molecule has 0 aliphatic carbocycles. The molecule has 0 bridgehead atoms. The first-order chi connectivity index (χ1) is 6.82. The Morgan fingerprint density at radius 3 is 3.21 bits per heavy atom. The maximum absolute atomic E-state index is 11.4. The summed E-state index contributed by atoms with van der Waals surface area (Å²) < 4.78 is 10.3. The van der Waals surface area contributed by atoms with Crippen molar-refractivity contribution in [1.82, 2.24) is 9.97 Å². The first-order valence-corrected chi connectivity index (χ1v) is 4.15. The van der Waals surface area contributed by atoms with Crippen LogP contribution in [0.25, 0.3) is 0 Å². The van der Waals surface area contributed by atoms with E-state index >= 15 is 0 Å². The molecule has 0 radical (unpaired) electrons. The van der Waals surface area contributed by atoms with Crippen LogP contribution in [-0.2, 0) is 15.1 Å². The van der Waals surface area contributed by atoms with Crippen LogP contribution in [0.5, 0.6) is 0 Å². The number of ether oxygens (including phenoxy) is 2. The summed E-state index contributed by atoms with van der Waals surface area (Å²) in [6.07, 6.45) is 6.08. The summed E-state index contributed by atoms with van der Waals surface area (Å²) in [6.45, 7) is 0.294. The van der Waals surface area contributed by atoms with Crippen LogP contribution < -0.4 is 0 Å². The molecule has 0 N–H and O–H groups in total. The van der Waals surface area contributed by atoms with Gasteiger partial charge in [-0.2, -0.15) is 0 Å². The summed E-state index contributed by atoms with van der Waals surface area (Å²) in [7, 11) is 0. The van der Waals surface area contributed by atoms with Gasteiger partial charge in [0.2, 0.25) is 5.60 Å². The molecule has 5 heteroatoms. The van der Waals surface area contributed by atoms with Gasteiger partial charge in [-0.1, -0.05) is 0 Å². The average Bonchev–Trinajstić information content (AvgIpc) is 2.77. The zero-order chi connectivity index (χ0) is 9.60. The highest BCUT2D eigenvalue weighted by molar-refractivity contribution is 5.94. The van der Waals surface area contributed by atoms with E-state index in [-0.39, 0.29) is 0 Å². The normalized spacial score (nSPS) is 27.6. The number of rotatable bonds is 0. The van der Waals surface area contributed by atoms with E-state index in [9.17, 15) is 4.79 Å². The fraction of sp³-hybridized carbons (Fsp3) is 0.222. The molecule has 70 valence electrons. The molecule has 5 nitrogen and oxygen atoms in total. The third kappa shape index (κ3) is 0.761. The molecule has 14 heavy (non-hydrogen) atoms. The van der Waals surface area contributed by atoms with Gasteiger partial charge in [0.25, 0.3) is 0 Å². The second-order valence-corrected chi connectivity index (χ2v) is 3.18. The summed E-state index contributed by atoms with van der Waals surface area (Å²) in [6, 6.07) is 0. The lowest BCUT2D eigenvalue weighted by molar-refractivity contribution is -0.00249. The van der Waals surface area contributed by atoms with Crippen LogP contribution in [0.2, 0.25) is 0 Å². The van der Waals surface area contributed by atoms with Crippen LogP contribution in [0, 0.1) is 0 Å². The van der Waals surface area contributed by atoms with Crippen LogP contribution in [0.15, 0.2) is 24.9 Å². The van der Waals surface area contributed by atoms with Crippen LogP contribution in [-0.4, -0.2) is 22.5 Å². The van der Waals surface area contributed by atoms with E-state index in [2.05, 4.69) is 9.97 Å². The molecule has 1 spiro atoms. The van der Waals surface area contributed by atoms with Gasteiger partial charge < -0.3 is 9.47 Å². The summed E-state index contributed by atoms with van der Waals surface area (Å²) >= 11 is 0. The quantitative estimate of drug-likeness (QED) is 0.553. The minimum atomic E-state index is -0.810. The minimum Gasteiger partial charge on any atom is -0.496 e. The molecule has 0 amide bonds. The molecule has 1 unspecified atom stereocenters. The van der Waals surface area contributed by atoms with Crippen molar-refractivity contribution in [2.24, 2.45) is 0 Å². The van der Waals surface area contributed by atoms with Gasteiger partial charge in [-0.3, -0.25) is 0 Å². The van der Waals surface area contributed by atoms with Gasteiger partial charge in [-0.15, -0.1) is 0 Å². The summed E-state index contributed by atoms with van der Waals surface area (Å²) in [5, 5.41) is 0. The Labute approximate surface area is 79.4 Å². The smallest absolute Gasteiger partial charge is 0.343 e. The molecule has 0 aromatic carbocycles. The lowest BCUT2D eigenvalue weighted by atomic mass is 10.0. The summed E-state index contributed by atoms with van der Waals surface area (Å²) in [5.74, 6) is -0.393. The second kappa shape index (κ2) is 2.31. The van der Waals surface area contributed by atoms with Crippen LogP contribution in [0.4, 0.5) is 0 Å². The lowest BCUT2D eigenvalue weighted by Gasteiger charge is -2.17. The number of fused-ring (bicyclic) bond motifs is 2. The van der Waals surface area contributed by atoms with Gasteiger partial charge in [0, 0.05) is 12.3 Å². The number of hydrogen-bond acceptors (Lipinski definition) is 5. The van der Waals surface area contributed by atoms with Crippen molar-refractivity contribution in [3.8, 4) is 0 Å². The zero-order valence-corrected chi connectivity index (χ0v) is 7.14. The molecular formula is C9H6N2O3. The predicted molar refractivity (Wildman–Crippen MR) is 44.2 cm³/mol. The fourth-order valence-electron chi connectivity index (χ4n) is 1.67. The van der Waals surface area contributed by atoms with Gasteiger partial charge in [0.15, 0.2) is 0 Å². The molecule has 3 rings (SSSR count). The molecule has 2 aliphatic heterocycles. The van der Waals surface area contributed by atoms with E-state index in [1.54, 1.807) is 6.08 Å². The monoisotopic (exact) mass is 190 g/mol. The van der Waals surface area contributed by atoms with Crippen molar-refractivity contribution >= 4 is 5.97 Å². The van der Waals surface area contributed by atoms with E-state index in [1.165, 1.54) is 18.8 Å². The van der Waals surface area contributed by atoms with E-state index in [1.807, 2.05) is 0 Å². The zero-order valence-electron chi connectivity index (χ0n) is 7.14. The average molecular weight is 190 g/mol. The fourth-order valence-corrected chi connectivity index (χ4v) is 1.67. The molecular weight excluding hydrogens is 184 g/mol. The Morgan fingerprint density at radius 1 is 1.50 bits per heavy atom. The molecule has 1 aromatic heterocycles. The largest absolute Gasteiger partial charge is 0.496 e. The maximum Gasteiger partial charge on any atom is 0.343 e. The first-order valence-electron chi connectivity index (χ1n) is 4.15. The molecule has 0 fully saturated rings. The van der Waals surface area contributed by atoms with E-state index < -0.39 is 11.6 Å². The van der Waals surface area contributed by atoms with Crippen molar-refractivity contribution in [1.29, 1.82) is 0 Å². The SMILES string of the molecule is O=C1OC2(C=COC2)c2ncncc21. The standard InChI is InChI=1S/C9H6N2O3/c12-8-6-3-10-5-11-7(6)9(14-8)1-2-13-4-9/h1-3,5H,4H2. The van der Waals surface area contributed by atoms with Crippen LogP contribution in [0.1, 0.15) is 16.1 Å². The Bertz CT molecular complexity index is 443. The predicted octanol–water partition coefficient (Wildman–Crippen LogP) is 0.386. The van der Waals surface area contributed by atoms with E-state index in [0.29, 0.717) is 17.9 Å². The second-order valence-electron chi connectivity index (χ2n) is 3.18. The third-order valence-corrected chi connectivity index (χ3v) is 2.34. The van der Waals surface area contributed by atoms with Crippen LogP contribution >= 0.6 is 0 Å². The molecule has 2 aliphatic rings. The Kier molecular flexibility index (Phi) is 1.24. The summed E-state index contributed by atoms with van der Waals surface area (Å²) in [5.41, 5.74) is 0.198. The number of carbonyl (C=O) groups excluding carboxylic acids is 1. The molecule has 1 aromatic rings. The van der Waals surface area contributed by atoms with Crippen molar-refractivity contribution in [2.45, 2.75) is 5.60 Å². The minimum absolute atomic E-state index is 0.294. The molecule has 0 saturated heterocycles.